The molecule has 0 spiro atoms. The number of hydrogen-bond donors (Lipinski definition) is 1. The first-order valence-electron chi connectivity index (χ1n) is 8.21. The first kappa shape index (κ1) is 18.7. The summed E-state index contributed by atoms with van der Waals surface area (Å²) >= 11 is 1.18. The van der Waals surface area contributed by atoms with Crippen molar-refractivity contribution in [3.05, 3.63) is 76.6 Å². The number of thioether (sulfide) groups is 1. The zero-order valence-electron chi connectivity index (χ0n) is 14.5. The van der Waals surface area contributed by atoms with Crippen LogP contribution in [0, 0.1) is 17.1 Å². The van der Waals surface area contributed by atoms with E-state index in [4.69, 9.17) is 0 Å². The van der Waals surface area contributed by atoms with Crippen LogP contribution in [0.25, 0.3) is 0 Å². The van der Waals surface area contributed by atoms with Gasteiger partial charge in [0.25, 0.3) is 5.91 Å². The van der Waals surface area contributed by atoms with Crippen LogP contribution in [-0.4, -0.2) is 24.1 Å². The Bertz CT molecular complexity index is 936. The van der Waals surface area contributed by atoms with Gasteiger partial charge in [-0.2, -0.15) is 5.26 Å². The van der Waals surface area contributed by atoms with Gasteiger partial charge in [0.05, 0.1) is 5.25 Å². The minimum absolute atomic E-state index is 0.110. The van der Waals surface area contributed by atoms with E-state index in [0.29, 0.717) is 17.1 Å². The summed E-state index contributed by atoms with van der Waals surface area (Å²) in [7, 11) is 1.44. The molecule has 7 heteroatoms. The van der Waals surface area contributed by atoms with Crippen LogP contribution < -0.4 is 10.2 Å². The smallest absolute Gasteiger partial charge is 0.264 e. The standard InChI is InChI=1S/C20H16FN3O2S/c1-23-18(25)16(12-22)20-24(15-5-3-2-4-6-15)19(26)17(27-20)11-13-7-9-14(21)10-8-13/h2-10,17H,11H2,1H3,(H,23,25)/b20-16+/t17-/m1/s1. The van der Waals surface area contributed by atoms with Gasteiger partial charge < -0.3 is 5.32 Å². The summed E-state index contributed by atoms with van der Waals surface area (Å²) in [4.78, 5) is 26.6. The van der Waals surface area contributed by atoms with Gasteiger partial charge in [0, 0.05) is 12.7 Å². The van der Waals surface area contributed by atoms with E-state index in [1.807, 2.05) is 12.1 Å². The number of para-hydroxylation sites is 1. The topological polar surface area (TPSA) is 73.2 Å². The number of halogens is 1. The van der Waals surface area contributed by atoms with Gasteiger partial charge in [0.15, 0.2) is 0 Å². The summed E-state index contributed by atoms with van der Waals surface area (Å²) in [6, 6.07) is 16.7. The zero-order valence-corrected chi connectivity index (χ0v) is 15.3. The lowest BCUT2D eigenvalue weighted by atomic mass is 10.1. The van der Waals surface area contributed by atoms with Gasteiger partial charge in [-0.1, -0.05) is 42.1 Å². The molecule has 0 radical (unpaired) electrons. The van der Waals surface area contributed by atoms with Crippen molar-refractivity contribution in [2.75, 3.05) is 11.9 Å². The predicted octanol–water partition coefficient (Wildman–Crippen LogP) is 3.00. The van der Waals surface area contributed by atoms with Crippen molar-refractivity contribution in [2.24, 2.45) is 0 Å². The second kappa shape index (κ2) is 8.06. The Kier molecular flexibility index (Phi) is 5.57. The normalized spacial score (nSPS) is 18.2. The van der Waals surface area contributed by atoms with Crippen LogP contribution in [0.15, 0.2) is 65.2 Å². The molecule has 1 saturated heterocycles. The third-order valence-corrected chi connectivity index (χ3v) is 5.34. The van der Waals surface area contributed by atoms with Gasteiger partial charge >= 0.3 is 0 Å². The molecular weight excluding hydrogens is 365 g/mol. The Hall–Kier alpha value is -3.11. The fourth-order valence-electron chi connectivity index (χ4n) is 2.76. The maximum atomic E-state index is 13.1. The second-order valence-corrected chi connectivity index (χ2v) is 7.01. The van der Waals surface area contributed by atoms with Gasteiger partial charge in [0.2, 0.25) is 5.91 Å². The zero-order chi connectivity index (χ0) is 19.4. The molecule has 0 bridgehead atoms. The number of hydrogen-bond acceptors (Lipinski definition) is 4. The number of carbonyl (C=O) groups excluding carboxylic acids is 2. The van der Waals surface area contributed by atoms with E-state index in [-0.39, 0.29) is 17.3 Å². The third-order valence-electron chi connectivity index (χ3n) is 4.08. The Balaban J connectivity index is 2.02. The lowest BCUT2D eigenvalue weighted by Gasteiger charge is -2.18. The molecule has 2 aromatic rings. The van der Waals surface area contributed by atoms with Crippen molar-refractivity contribution in [1.29, 1.82) is 5.26 Å². The molecule has 1 fully saturated rings. The molecule has 2 amide bonds. The minimum Gasteiger partial charge on any atom is -0.354 e. The van der Waals surface area contributed by atoms with E-state index in [9.17, 15) is 19.2 Å². The lowest BCUT2D eigenvalue weighted by Crippen LogP contribution is -2.31. The van der Waals surface area contributed by atoms with Crippen molar-refractivity contribution >= 4 is 29.3 Å². The highest BCUT2D eigenvalue weighted by atomic mass is 32.2. The Morgan fingerprint density at radius 3 is 2.48 bits per heavy atom. The van der Waals surface area contributed by atoms with Crippen LogP contribution in [0.3, 0.4) is 0 Å². The van der Waals surface area contributed by atoms with Gasteiger partial charge in [-0.3, -0.25) is 14.5 Å². The molecule has 2 aromatic carbocycles. The summed E-state index contributed by atoms with van der Waals surface area (Å²) < 4.78 is 13.1. The monoisotopic (exact) mass is 381 g/mol. The number of carbonyl (C=O) groups is 2. The summed E-state index contributed by atoms with van der Waals surface area (Å²) in [6.07, 6.45) is 0.364. The molecule has 1 aliphatic heterocycles. The first-order valence-corrected chi connectivity index (χ1v) is 9.09. The number of nitriles is 1. The number of benzene rings is 2. The largest absolute Gasteiger partial charge is 0.354 e. The molecule has 5 nitrogen and oxygen atoms in total. The van der Waals surface area contributed by atoms with Crippen LogP contribution in [-0.2, 0) is 16.0 Å². The van der Waals surface area contributed by atoms with Crippen LogP contribution in [0.2, 0.25) is 0 Å². The molecule has 0 saturated carbocycles. The highest BCUT2D eigenvalue weighted by Gasteiger charge is 2.40. The summed E-state index contributed by atoms with van der Waals surface area (Å²) in [5.41, 5.74) is 1.28. The Morgan fingerprint density at radius 1 is 1.22 bits per heavy atom. The number of likely N-dealkylation sites (N-methyl/N-ethyl adjacent to an activating group) is 1. The Morgan fingerprint density at radius 2 is 1.89 bits per heavy atom. The molecule has 1 heterocycles. The van der Waals surface area contributed by atoms with Crippen LogP contribution in [0.1, 0.15) is 5.56 Å². The molecule has 1 atom stereocenters. The molecule has 0 aliphatic carbocycles. The summed E-state index contributed by atoms with van der Waals surface area (Å²) in [5, 5.41) is 11.7. The van der Waals surface area contributed by atoms with Gasteiger partial charge in [-0.05, 0) is 36.2 Å². The molecule has 27 heavy (non-hydrogen) atoms. The number of anilines is 1. The maximum Gasteiger partial charge on any atom is 0.264 e. The van der Waals surface area contributed by atoms with Crippen LogP contribution in [0.5, 0.6) is 0 Å². The van der Waals surface area contributed by atoms with E-state index >= 15 is 0 Å². The molecule has 1 N–H and O–H groups in total. The SMILES string of the molecule is CNC(=O)/C(C#N)=C1/S[C@H](Cc2ccc(F)cc2)C(=O)N1c1ccccc1. The highest BCUT2D eigenvalue weighted by Crippen LogP contribution is 2.41. The minimum atomic E-state index is -0.545. The molecule has 3 rings (SSSR count). The van der Waals surface area contributed by atoms with E-state index in [2.05, 4.69) is 5.32 Å². The summed E-state index contributed by atoms with van der Waals surface area (Å²) in [6.45, 7) is 0. The highest BCUT2D eigenvalue weighted by molar-refractivity contribution is 8.05. The molecule has 0 unspecified atom stereocenters. The van der Waals surface area contributed by atoms with Crippen molar-refractivity contribution in [3.8, 4) is 6.07 Å². The van der Waals surface area contributed by atoms with Gasteiger partial charge in [0.1, 0.15) is 22.5 Å². The average molecular weight is 381 g/mol. The lowest BCUT2D eigenvalue weighted by molar-refractivity contribution is -0.117. The molecule has 0 aromatic heterocycles. The van der Waals surface area contributed by atoms with Crippen molar-refractivity contribution in [1.82, 2.24) is 5.32 Å². The predicted molar refractivity (Wildman–Crippen MR) is 102 cm³/mol. The average Bonchev–Trinajstić information content (AvgIpc) is 3.00. The number of nitrogens with zero attached hydrogens (tertiary/aromatic N) is 2. The van der Waals surface area contributed by atoms with E-state index in [1.165, 1.54) is 35.8 Å². The van der Waals surface area contributed by atoms with Gasteiger partial charge in [-0.15, -0.1) is 0 Å². The molecular formula is C20H16FN3O2S. The van der Waals surface area contributed by atoms with E-state index < -0.39 is 11.2 Å². The number of nitrogens with one attached hydrogen (secondary N) is 1. The fourth-order valence-corrected chi connectivity index (χ4v) is 4.07. The number of rotatable bonds is 4. The van der Waals surface area contributed by atoms with Crippen molar-refractivity contribution in [3.63, 3.8) is 0 Å². The number of amides is 2. The van der Waals surface area contributed by atoms with Crippen LogP contribution in [0.4, 0.5) is 10.1 Å². The third kappa shape index (κ3) is 3.86. The van der Waals surface area contributed by atoms with Gasteiger partial charge in [-0.25, -0.2) is 4.39 Å². The first-order chi connectivity index (χ1) is 13.0. The van der Waals surface area contributed by atoms with Crippen LogP contribution >= 0.6 is 11.8 Å². The van der Waals surface area contributed by atoms with E-state index in [1.54, 1.807) is 36.4 Å². The molecule has 136 valence electrons. The maximum absolute atomic E-state index is 13.1. The second-order valence-electron chi connectivity index (χ2n) is 5.82. The summed E-state index contributed by atoms with van der Waals surface area (Å²) in [5.74, 6) is -1.11. The Labute approximate surface area is 160 Å². The van der Waals surface area contributed by atoms with Crippen molar-refractivity contribution < 1.29 is 14.0 Å². The van der Waals surface area contributed by atoms with E-state index in [0.717, 1.165) is 5.56 Å². The quantitative estimate of drug-likeness (QED) is 0.653. The molecule has 1 aliphatic rings. The van der Waals surface area contributed by atoms with Crippen molar-refractivity contribution in [2.45, 2.75) is 11.7 Å². The fraction of sp³-hybridized carbons (Fsp3) is 0.150.